The van der Waals surface area contributed by atoms with Crippen LogP contribution in [0, 0.1) is 52.0 Å². The number of benzene rings is 8. The summed E-state index contributed by atoms with van der Waals surface area (Å²) < 4.78 is 0. The van der Waals surface area contributed by atoms with Crippen molar-refractivity contribution in [3.8, 4) is 89.5 Å². The number of hydrogen-bond donors (Lipinski definition) is 0. The van der Waals surface area contributed by atoms with Crippen molar-refractivity contribution in [3.63, 3.8) is 0 Å². The Labute approximate surface area is 539 Å². The molecule has 0 saturated heterocycles. The van der Waals surface area contributed by atoms with Crippen LogP contribution in [0.5, 0.6) is 0 Å². The summed E-state index contributed by atoms with van der Waals surface area (Å²) in [6, 6.07) is 95.9. The molecule has 8 heteroatoms. The van der Waals surface area contributed by atoms with Crippen molar-refractivity contribution in [1.29, 1.82) is 0 Å². The molecule has 0 amide bonds. The zero-order chi connectivity index (χ0) is 53.9. The van der Waals surface area contributed by atoms with Crippen molar-refractivity contribution in [2.24, 2.45) is 0 Å². The topological polar surface area (TPSA) is 51.6 Å². The summed E-state index contributed by atoms with van der Waals surface area (Å²) >= 11 is 0. The van der Waals surface area contributed by atoms with E-state index in [0.29, 0.717) is 0 Å². The van der Waals surface area contributed by atoms with Gasteiger partial charge in [-0.3, -0.25) is 0 Å². The maximum Gasteiger partial charge on any atom is 0.0268 e. The van der Waals surface area contributed by atoms with Gasteiger partial charge in [0, 0.05) is 105 Å². The molecule has 0 bridgehead atoms. The molecule has 8 aromatic carbocycles. The Balaban J connectivity index is 0.000000197. The first kappa shape index (κ1) is 65.8. The molecular weight excluding hydrogens is 1710 g/mol. The first-order chi connectivity index (χ1) is 38.2. The molecule has 0 atom stereocenters. The first-order valence-electron chi connectivity index (χ1n) is 26.3. The minimum atomic E-state index is 0. The van der Waals surface area contributed by atoms with E-state index in [1.165, 1.54) is 66.8 Å². The third-order valence-electron chi connectivity index (χ3n) is 12.9. The van der Waals surface area contributed by atoms with Gasteiger partial charge in [0.05, 0.1) is 0 Å². The number of hydrogen-bond acceptors (Lipinski definition) is 4. The third kappa shape index (κ3) is 19.0. The van der Waals surface area contributed by atoms with Gasteiger partial charge < -0.3 is 19.9 Å². The molecule has 82 heavy (non-hydrogen) atoms. The van der Waals surface area contributed by atoms with Crippen LogP contribution in [0.15, 0.2) is 261 Å². The van der Waals surface area contributed by atoms with Gasteiger partial charge in [0.2, 0.25) is 0 Å². The molecule has 0 saturated carbocycles. The van der Waals surface area contributed by atoms with E-state index >= 15 is 0 Å². The summed E-state index contributed by atoms with van der Waals surface area (Å²) in [5, 5.41) is 0. The number of pyridine rings is 4. The van der Waals surface area contributed by atoms with Crippen LogP contribution in [0.25, 0.3) is 89.5 Å². The fourth-order valence-electron chi connectivity index (χ4n) is 9.01. The van der Waals surface area contributed by atoms with Crippen LogP contribution in [0.4, 0.5) is 0 Å². The zero-order valence-electron chi connectivity index (χ0n) is 46.2. The molecule has 4 heterocycles. The Kier molecular flexibility index (Phi) is 27.1. The van der Waals surface area contributed by atoms with Crippen molar-refractivity contribution in [2.45, 2.75) is 41.0 Å². The molecular formula is C74H60Ir4N4-4. The standard InChI is InChI=1S/3C19H16N.C17H12N.4Ir/c1-14-11-15(2)13-18(12-14)16-6-8-17(9-7-16)19-5-3-4-10-20-19;1-14-11-15(2)20-19(12-14)18-10-6-9-17(13-18)16-7-4-3-5-8-16;1-2-15-11-12-20-19(13-15)18-10-6-9-17(14-18)16-7-4-3-5-8-16;1-2-6-14(7-3-1)15-9-11-16(12-10-15)17-8-4-5-13-18-17;;;;/h3-8,10-13H,1-2H3;3-9,11-13H,1-2H3;3-9,11-14H,2H2,1H3;1-11,13H;;;;/q4*-1;;;;. The molecule has 0 aliphatic rings. The second kappa shape index (κ2) is 33.8. The van der Waals surface area contributed by atoms with E-state index in [2.05, 4.69) is 224 Å². The van der Waals surface area contributed by atoms with Gasteiger partial charge in [-0.15, -0.1) is 130 Å². The summed E-state index contributed by atoms with van der Waals surface area (Å²) in [5.74, 6) is 0. The van der Waals surface area contributed by atoms with Gasteiger partial charge in [-0.2, -0.15) is 0 Å². The number of aromatic nitrogens is 4. The molecule has 416 valence electrons. The Hall–Kier alpha value is -7.04. The normalized spacial score (nSPS) is 9.91. The molecule has 0 fully saturated rings. The van der Waals surface area contributed by atoms with Gasteiger partial charge in [-0.25, -0.2) is 0 Å². The van der Waals surface area contributed by atoms with Gasteiger partial charge in [-0.05, 0) is 92.3 Å². The predicted molar refractivity (Wildman–Crippen MR) is 324 cm³/mol. The SMILES string of the molecule is CCc1ccnc(-c2[c-]ccc(-c3ccccc3)c2)c1.Cc1cc(C)cc(-c2c[c-]c(-c3ccccn3)cc2)c1.Cc1cc(C)nc(-c2[c-]ccc(-c3ccccc3)c2)c1.[Ir].[Ir].[Ir].[Ir].[c-]1cc(-c2ccccc2)ccc1-c1ccccn1. The van der Waals surface area contributed by atoms with Crippen molar-refractivity contribution >= 4 is 0 Å². The second-order valence-electron chi connectivity index (χ2n) is 18.9. The minimum absolute atomic E-state index is 0. The largest absolute Gasteiger partial charge is 0.305 e. The van der Waals surface area contributed by atoms with E-state index in [0.717, 1.165) is 57.1 Å². The van der Waals surface area contributed by atoms with Gasteiger partial charge in [0.25, 0.3) is 0 Å². The quantitative estimate of drug-likeness (QED) is 0.135. The first-order valence-corrected chi connectivity index (χ1v) is 26.3. The Morgan fingerprint density at radius 2 is 0.744 bits per heavy atom. The molecule has 0 aliphatic carbocycles. The van der Waals surface area contributed by atoms with E-state index in [4.69, 9.17) is 0 Å². The molecule has 12 rings (SSSR count). The van der Waals surface area contributed by atoms with Crippen LogP contribution in [0.2, 0.25) is 0 Å². The van der Waals surface area contributed by atoms with Crippen molar-refractivity contribution in [1.82, 2.24) is 19.9 Å². The molecule has 0 spiro atoms. The fraction of sp³-hybridized carbons (Fsp3) is 0.0811. The Morgan fingerprint density at radius 1 is 0.305 bits per heavy atom. The van der Waals surface area contributed by atoms with E-state index in [9.17, 15) is 0 Å². The molecule has 4 radical (unpaired) electrons. The molecule has 0 unspecified atom stereocenters. The Bertz CT molecular complexity index is 3690. The van der Waals surface area contributed by atoms with Crippen LogP contribution < -0.4 is 0 Å². The van der Waals surface area contributed by atoms with Crippen LogP contribution in [-0.4, -0.2) is 19.9 Å². The van der Waals surface area contributed by atoms with E-state index in [1.54, 1.807) is 12.4 Å². The van der Waals surface area contributed by atoms with Crippen molar-refractivity contribution in [3.05, 3.63) is 313 Å². The van der Waals surface area contributed by atoms with Crippen LogP contribution in [0.1, 0.15) is 34.9 Å². The smallest absolute Gasteiger partial charge is 0.0268 e. The van der Waals surface area contributed by atoms with Gasteiger partial charge >= 0.3 is 0 Å². The summed E-state index contributed by atoms with van der Waals surface area (Å²) in [7, 11) is 0. The summed E-state index contributed by atoms with van der Waals surface area (Å²) in [4.78, 5) is 17.7. The fourth-order valence-corrected chi connectivity index (χ4v) is 9.01. The van der Waals surface area contributed by atoms with E-state index < -0.39 is 0 Å². The van der Waals surface area contributed by atoms with Gasteiger partial charge in [0.15, 0.2) is 0 Å². The molecule has 4 aromatic heterocycles. The Morgan fingerprint density at radius 3 is 1.18 bits per heavy atom. The summed E-state index contributed by atoms with van der Waals surface area (Å²) in [5.41, 5.74) is 23.8. The number of nitrogens with zero attached hydrogens (tertiary/aromatic N) is 4. The molecule has 12 aromatic rings. The monoisotopic (exact) mass is 1780 g/mol. The molecule has 0 aliphatic heterocycles. The molecule has 0 N–H and O–H groups in total. The average Bonchev–Trinajstić information content (AvgIpc) is 3.57. The number of aryl methyl sites for hydroxylation is 5. The minimum Gasteiger partial charge on any atom is -0.305 e. The van der Waals surface area contributed by atoms with Gasteiger partial charge in [-0.1, -0.05) is 197 Å². The van der Waals surface area contributed by atoms with Gasteiger partial charge in [0.1, 0.15) is 0 Å². The predicted octanol–water partition coefficient (Wildman–Crippen LogP) is 18.6. The van der Waals surface area contributed by atoms with E-state index in [-0.39, 0.29) is 80.4 Å². The van der Waals surface area contributed by atoms with Crippen LogP contribution in [0.3, 0.4) is 0 Å². The van der Waals surface area contributed by atoms with Crippen LogP contribution >= 0.6 is 0 Å². The average molecular weight is 1770 g/mol. The van der Waals surface area contributed by atoms with Crippen molar-refractivity contribution < 1.29 is 80.4 Å². The zero-order valence-corrected chi connectivity index (χ0v) is 55.7. The van der Waals surface area contributed by atoms with Crippen molar-refractivity contribution in [2.75, 3.05) is 0 Å². The molecule has 4 nitrogen and oxygen atoms in total. The van der Waals surface area contributed by atoms with E-state index in [1.807, 2.05) is 104 Å². The maximum atomic E-state index is 4.61. The number of rotatable bonds is 9. The summed E-state index contributed by atoms with van der Waals surface area (Å²) in [6.07, 6.45) is 6.50. The third-order valence-corrected chi connectivity index (χ3v) is 12.9. The maximum absolute atomic E-state index is 4.61. The van der Waals surface area contributed by atoms with Crippen LogP contribution in [-0.2, 0) is 86.8 Å². The summed E-state index contributed by atoms with van der Waals surface area (Å²) in [6.45, 7) is 10.5. The second-order valence-corrected chi connectivity index (χ2v) is 18.9.